The van der Waals surface area contributed by atoms with Crippen LogP contribution in [0.2, 0.25) is 0 Å². The number of hydrogen-bond acceptors (Lipinski definition) is 4. The van der Waals surface area contributed by atoms with Crippen LogP contribution in [0.25, 0.3) is 0 Å². The molecule has 0 N–H and O–H groups in total. The van der Waals surface area contributed by atoms with Crippen molar-refractivity contribution in [3.05, 3.63) is 53.6 Å². The van der Waals surface area contributed by atoms with Gasteiger partial charge in [0.25, 0.3) is 0 Å². The predicted octanol–water partition coefficient (Wildman–Crippen LogP) is 3.61. The van der Waals surface area contributed by atoms with Crippen LogP contribution in [0.3, 0.4) is 0 Å². The van der Waals surface area contributed by atoms with Crippen LogP contribution in [0.1, 0.15) is 55.4 Å². The Hall–Kier alpha value is -2.43. The molecule has 23 heavy (non-hydrogen) atoms. The Bertz CT molecular complexity index is 770. The van der Waals surface area contributed by atoms with Gasteiger partial charge in [0, 0.05) is 0 Å². The number of fused-ring (bicyclic) bond motifs is 1. The first-order valence-electron chi connectivity index (χ1n) is 7.72. The molecule has 1 aromatic heterocycles. The smallest absolute Gasteiger partial charge is 0.317 e. The van der Waals surface area contributed by atoms with Gasteiger partial charge in [-0.05, 0) is 36.8 Å². The van der Waals surface area contributed by atoms with Crippen LogP contribution < -0.4 is 0 Å². The second-order valence-corrected chi connectivity index (χ2v) is 6.87. The highest BCUT2D eigenvalue weighted by Crippen LogP contribution is 2.47. The SMILES string of the molecule is CC(C)=NOC(=O)c1cncn1C1c2ccccc2CC1(C)C. The standard InChI is InChI=1S/C18H21N3O2/c1-12(2)20-23-17(22)15-10-19-11-21(15)16-14-8-6-5-7-13(14)9-18(16,3)4/h5-8,10-11,16H,9H2,1-4H3. The largest absolute Gasteiger partial charge is 0.383 e. The van der Waals surface area contributed by atoms with Crippen LogP contribution >= 0.6 is 0 Å². The summed E-state index contributed by atoms with van der Waals surface area (Å²) in [6.07, 6.45) is 4.21. The minimum Gasteiger partial charge on any atom is -0.317 e. The van der Waals surface area contributed by atoms with Crippen molar-refractivity contribution in [2.45, 2.75) is 40.2 Å². The van der Waals surface area contributed by atoms with Crippen LogP contribution in [-0.2, 0) is 11.3 Å². The van der Waals surface area contributed by atoms with E-state index < -0.39 is 5.97 Å². The maximum atomic E-state index is 12.3. The average molecular weight is 311 g/mol. The Morgan fingerprint density at radius 1 is 1.35 bits per heavy atom. The summed E-state index contributed by atoms with van der Waals surface area (Å²) in [6, 6.07) is 8.41. The molecule has 0 fully saturated rings. The van der Waals surface area contributed by atoms with Gasteiger partial charge in [0.1, 0.15) is 5.69 Å². The molecule has 1 heterocycles. The minimum absolute atomic E-state index is 0.0106. The van der Waals surface area contributed by atoms with Crippen molar-refractivity contribution in [2.24, 2.45) is 10.6 Å². The minimum atomic E-state index is -0.483. The topological polar surface area (TPSA) is 56.5 Å². The molecule has 0 bridgehead atoms. The molecule has 5 nitrogen and oxygen atoms in total. The molecule has 0 amide bonds. The van der Waals surface area contributed by atoms with Crippen molar-refractivity contribution in [3.63, 3.8) is 0 Å². The van der Waals surface area contributed by atoms with Crippen LogP contribution in [-0.4, -0.2) is 21.2 Å². The fourth-order valence-electron chi connectivity index (χ4n) is 3.34. The maximum Gasteiger partial charge on any atom is 0.383 e. The highest BCUT2D eigenvalue weighted by molar-refractivity contribution is 5.88. The number of aromatic nitrogens is 2. The van der Waals surface area contributed by atoms with E-state index in [0.717, 1.165) is 6.42 Å². The first-order valence-corrected chi connectivity index (χ1v) is 7.72. The average Bonchev–Trinajstić information content (AvgIpc) is 3.04. The lowest BCUT2D eigenvalue weighted by molar-refractivity contribution is 0.0498. The highest BCUT2D eigenvalue weighted by atomic mass is 16.7. The number of rotatable bonds is 3. The third kappa shape index (κ3) is 2.79. The molecule has 1 aliphatic carbocycles. The Labute approximate surface area is 136 Å². The summed E-state index contributed by atoms with van der Waals surface area (Å²) >= 11 is 0. The molecule has 0 spiro atoms. The first-order chi connectivity index (χ1) is 10.9. The molecule has 2 aromatic rings. The molecule has 1 aliphatic rings. The zero-order valence-electron chi connectivity index (χ0n) is 13.9. The molecule has 0 aliphatic heterocycles. The van der Waals surface area contributed by atoms with Gasteiger partial charge in [0.05, 0.1) is 24.3 Å². The molecular weight excluding hydrogens is 290 g/mol. The van der Waals surface area contributed by atoms with E-state index in [9.17, 15) is 4.79 Å². The van der Waals surface area contributed by atoms with Gasteiger partial charge in [-0.3, -0.25) is 0 Å². The molecule has 1 atom stereocenters. The summed E-state index contributed by atoms with van der Waals surface area (Å²) in [4.78, 5) is 21.5. The lowest BCUT2D eigenvalue weighted by Crippen LogP contribution is -2.26. The van der Waals surface area contributed by atoms with Crippen LogP contribution in [0.15, 0.2) is 41.9 Å². The van der Waals surface area contributed by atoms with E-state index in [1.807, 2.05) is 10.6 Å². The lowest BCUT2D eigenvalue weighted by atomic mass is 9.85. The van der Waals surface area contributed by atoms with Gasteiger partial charge in [-0.1, -0.05) is 43.3 Å². The molecule has 0 radical (unpaired) electrons. The monoisotopic (exact) mass is 311 g/mol. The second-order valence-electron chi connectivity index (χ2n) is 6.87. The number of hydrogen-bond donors (Lipinski definition) is 0. The van der Waals surface area contributed by atoms with Gasteiger partial charge in [-0.25, -0.2) is 9.78 Å². The summed E-state index contributed by atoms with van der Waals surface area (Å²) < 4.78 is 1.91. The molecular formula is C18H21N3O2. The van der Waals surface area contributed by atoms with Crippen LogP contribution in [0.4, 0.5) is 0 Å². The number of benzene rings is 1. The van der Waals surface area contributed by atoms with Crippen LogP contribution in [0.5, 0.6) is 0 Å². The van der Waals surface area contributed by atoms with E-state index in [2.05, 4.69) is 42.2 Å². The molecule has 120 valence electrons. The summed E-state index contributed by atoms with van der Waals surface area (Å²) in [7, 11) is 0. The van der Waals surface area contributed by atoms with Gasteiger partial charge < -0.3 is 9.40 Å². The summed E-state index contributed by atoms with van der Waals surface area (Å²) in [5.41, 5.74) is 3.65. The number of carbonyl (C=O) groups is 1. The van der Waals surface area contributed by atoms with Gasteiger partial charge in [-0.2, -0.15) is 0 Å². The normalized spacial score (nSPS) is 18.3. The number of carbonyl (C=O) groups excluding carboxylic acids is 1. The summed E-state index contributed by atoms with van der Waals surface area (Å²) in [5, 5.41) is 3.75. The Kier molecular flexibility index (Phi) is 3.80. The molecule has 0 saturated heterocycles. The van der Waals surface area contributed by atoms with E-state index in [1.54, 1.807) is 26.4 Å². The Morgan fingerprint density at radius 2 is 2.09 bits per heavy atom. The molecule has 0 saturated carbocycles. The van der Waals surface area contributed by atoms with E-state index in [1.165, 1.54) is 11.1 Å². The van der Waals surface area contributed by atoms with E-state index in [4.69, 9.17) is 4.84 Å². The number of imidazole rings is 1. The zero-order chi connectivity index (χ0) is 16.6. The quantitative estimate of drug-likeness (QED) is 0.494. The van der Waals surface area contributed by atoms with Crippen molar-refractivity contribution < 1.29 is 9.63 Å². The fourth-order valence-corrected chi connectivity index (χ4v) is 3.34. The fraction of sp³-hybridized carbons (Fsp3) is 0.389. The van der Waals surface area contributed by atoms with Gasteiger partial charge in [-0.15, -0.1) is 0 Å². The number of oxime groups is 1. The maximum absolute atomic E-state index is 12.3. The van der Waals surface area contributed by atoms with E-state index >= 15 is 0 Å². The van der Waals surface area contributed by atoms with Crippen molar-refractivity contribution in [3.8, 4) is 0 Å². The van der Waals surface area contributed by atoms with Crippen LogP contribution in [0, 0.1) is 5.41 Å². The van der Waals surface area contributed by atoms with Crippen molar-refractivity contribution in [1.29, 1.82) is 0 Å². The Balaban J connectivity index is 2.01. The van der Waals surface area contributed by atoms with Gasteiger partial charge in [0.2, 0.25) is 0 Å². The van der Waals surface area contributed by atoms with E-state index in [0.29, 0.717) is 11.4 Å². The molecule has 5 heteroatoms. The van der Waals surface area contributed by atoms with Crippen molar-refractivity contribution in [1.82, 2.24) is 9.55 Å². The third-order valence-corrected chi connectivity index (χ3v) is 4.20. The Morgan fingerprint density at radius 3 is 2.83 bits per heavy atom. The predicted molar refractivity (Wildman–Crippen MR) is 88.5 cm³/mol. The number of nitrogens with zero attached hydrogens (tertiary/aromatic N) is 3. The van der Waals surface area contributed by atoms with Crippen molar-refractivity contribution >= 4 is 11.7 Å². The van der Waals surface area contributed by atoms with Crippen molar-refractivity contribution in [2.75, 3.05) is 0 Å². The first kappa shape index (κ1) is 15.5. The molecule has 1 unspecified atom stereocenters. The third-order valence-electron chi connectivity index (χ3n) is 4.20. The highest BCUT2D eigenvalue weighted by Gasteiger charge is 2.41. The second kappa shape index (κ2) is 5.65. The lowest BCUT2D eigenvalue weighted by Gasteiger charge is -2.29. The zero-order valence-corrected chi connectivity index (χ0v) is 13.9. The van der Waals surface area contributed by atoms with E-state index in [-0.39, 0.29) is 11.5 Å². The van der Waals surface area contributed by atoms with Gasteiger partial charge >= 0.3 is 5.97 Å². The van der Waals surface area contributed by atoms with Gasteiger partial charge in [0.15, 0.2) is 0 Å². The summed E-state index contributed by atoms with van der Waals surface area (Å²) in [5.74, 6) is -0.483. The molecule has 1 aromatic carbocycles. The molecule has 3 rings (SSSR count). The summed E-state index contributed by atoms with van der Waals surface area (Å²) in [6.45, 7) is 7.98.